The second kappa shape index (κ2) is 17.5. The first-order valence-corrected chi connectivity index (χ1v) is 21.2. The zero-order chi connectivity index (χ0) is 42.0. The lowest BCUT2D eigenvalue weighted by atomic mass is 9.84. The van der Waals surface area contributed by atoms with Crippen molar-refractivity contribution in [1.29, 1.82) is 0 Å². The average Bonchev–Trinajstić information content (AvgIpc) is 3.86. The molecule has 2 amide bonds. The standard InChI is InChI=1S/C45H55N7O6S/c1-8-51-38-12-11-29-22-33(38)34(40(51)35-24-46-14-13-30(35)25-57-7)23-45(4,5)26-58-43(56)36-10-9-16-52(49-36)42(55)37(20-28-18-31(29)21-32(53)19-28)48-41(54)39(27(2)3)50(6)44-47-15-17-59-44/h11-15,17-19,21-22,24,27,36-37,39,49,53H,8-10,16,20,23,25-26H2,1-7H3,(H,48,54)/t36-,37-,39-/m0/s1. The highest BCUT2D eigenvalue weighted by atomic mass is 32.1. The molecule has 6 bridgehead atoms. The van der Waals surface area contributed by atoms with Crippen molar-refractivity contribution in [3.8, 4) is 28.1 Å². The minimum atomic E-state index is -1.03. The van der Waals surface area contributed by atoms with Gasteiger partial charge in [0.2, 0.25) is 5.91 Å². The van der Waals surface area contributed by atoms with Crippen molar-refractivity contribution in [2.24, 2.45) is 11.3 Å². The Labute approximate surface area is 349 Å². The summed E-state index contributed by atoms with van der Waals surface area (Å²) >= 11 is 1.43. The maximum atomic E-state index is 14.5. The van der Waals surface area contributed by atoms with Gasteiger partial charge in [-0.3, -0.25) is 24.4 Å². The van der Waals surface area contributed by atoms with Crippen LogP contribution in [0.1, 0.15) is 64.2 Å². The first kappa shape index (κ1) is 41.8. The molecular formula is C45H55N7O6S. The van der Waals surface area contributed by atoms with Crippen LogP contribution in [0.15, 0.2) is 66.4 Å². The molecule has 5 aromatic rings. The van der Waals surface area contributed by atoms with Gasteiger partial charge < -0.3 is 29.4 Å². The Balaban J connectivity index is 1.36. The molecular weight excluding hydrogens is 767 g/mol. The van der Waals surface area contributed by atoms with E-state index in [-0.39, 0.29) is 36.5 Å². The third-order valence-corrected chi connectivity index (χ3v) is 12.2. The lowest BCUT2D eigenvalue weighted by Crippen LogP contribution is -2.62. The van der Waals surface area contributed by atoms with Crippen LogP contribution in [0.3, 0.4) is 0 Å². The van der Waals surface area contributed by atoms with Gasteiger partial charge in [0.25, 0.3) is 5.91 Å². The van der Waals surface area contributed by atoms with Gasteiger partial charge in [0.1, 0.15) is 23.9 Å². The zero-order valence-electron chi connectivity index (χ0n) is 34.9. The second-order valence-electron chi connectivity index (χ2n) is 16.8. The highest BCUT2D eigenvalue weighted by Gasteiger charge is 2.37. The van der Waals surface area contributed by atoms with E-state index in [0.717, 1.165) is 44.4 Å². The summed E-state index contributed by atoms with van der Waals surface area (Å²) in [6.45, 7) is 11.8. The van der Waals surface area contributed by atoms with E-state index in [1.807, 2.05) is 49.5 Å². The van der Waals surface area contributed by atoms with Crippen LogP contribution in [0.2, 0.25) is 0 Å². The van der Waals surface area contributed by atoms with Crippen LogP contribution in [-0.4, -0.2) is 87.9 Å². The molecule has 5 heterocycles. The van der Waals surface area contributed by atoms with Crippen molar-refractivity contribution < 1.29 is 29.0 Å². The molecule has 0 radical (unpaired) electrons. The van der Waals surface area contributed by atoms with Crippen molar-refractivity contribution in [1.82, 2.24) is 30.3 Å². The number of phenols is 1. The molecule has 2 aliphatic rings. The van der Waals surface area contributed by atoms with Crippen LogP contribution in [0.4, 0.5) is 5.13 Å². The molecule has 0 saturated carbocycles. The van der Waals surface area contributed by atoms with E-state index in [4.69, 9.17) is 9.47 Å². The number of aromatic nitrogens is 3. The van der Waals surface area contributed by atoms with Gasteiger partial charge in [0, 0.05) is 79.5 Å². The summed E-state index contributed by atoms with van der Waals surface area (Å²) in [5, 5.41) is 19.3. The van der Waals surface area contributed by atoms with E-state index in [2.05, 4.69) is 64.2 Å². The number of aryl methyl sites for hydroxylation is 1. The maximum Gasteiger partial charge on any atom is 0.324 e. The van der Waals surface area contributed by atoms with Crippen molar-refractivity contribution in [3.63, 3.8) is 0 Å². The number of nitrogens with one attached hydrogen (secondary N) is 2. The van der Waals surface area contributed by atoms with E-state index in [9.17, 15) is 19.5 Å². The van der Waals surface area contributed by atoms with Gasteiger partial charge in [-0.2, -0.15) is 0 Å². The number of carbonyl (C=O) groups excluding carboxylic acids is 3. The molecule has 1 fully saturated rings. The number of phenolic OH excluding ortho intramolecular Hbond substituents is 1. The molecule has 312 valence electrons. The predicted octanol–water partition coefficient (Wildman–Crippen LogP) is 6.51. The predicted molar refractivity (Wildman–Crippen MR) is 230 cm³/mol. The highest BCUT2D eigenvalue weighted by molar-refractivity contribution is 7.13. The monoisotopic (exact) mass is 821 g/mol. The minimum absolute atomic E-state index is 0.0414. The number of methoxy groups -OCH3 is 1. The first-order valence-electron chi connectivity index (χ1n) is 20.4. The summed E-state index contributed by atoms with van der Waals surface area (Å²) in [4.78, 5) is 53.4. The number of benzene rings is 2. The van der Waals surface area contributed by atoms with E-state index in [1.165, 1.54) is 16.3 Å². The van der Waals surface area contributed by atoms with Gasteiger partial charge in [-0.25, -0.2) is 10.4 Å². The molecule has 59 heavy (non-hydrogen) atoms. The number of ether oxygens (including phenoxy) is 2. The van der Waals surface area contributed by atoms with E-state index >= 15 is 0 Å². The molecule has 3 N–H and O–H groups in total. The largest absolute Gasteiger partial charge is 0.508 e. The molecule has 3 aromatic heterocycles. The fourth-order valence-corrected chi connectivity index (χ4v) is 9.27. The number of hydrogen-bond donors (Lipinski definition) is 3. The van der Waals surface area contributed by atoms with Crippen molar-refractivity contribution in [2.75, 3.05) is 32.2 Å². The third-order valence-electron chi connectivity index (χ3n) is 11.4. The Bertz CT molecular complexity index is 2320. The van der Waals surface area contributed by atoms with Crippen LogP contribution in [0, 0.1) is 11.3 Å². The number of aromatic hydroxyl groups is 1. The summed E-state index contributed by atoms with van der Waals surface area (Å²) in [5.74, 6) is -1.22. The van der Waals surface area contributed by atoms with Crippen LogP contribution >= 0.6 is 11.3 Å². The summed E-state index contributed by atoms with van der Waals surface area (Å²) in [6.07, 6.45) is 7.09. The van der Waals surface area contributed by atoms with Crippen molar-refractivity contribution in [2.45, 2.75) is 91.6 Å². The number of anilines is 1. The summed E-state index contributed by atoms with van der Waals surface area (Å²) in [6, 6.07) is 11.2. The fraction of sp³-hybridized carbons (Fsp3) is 0.444. The van der Waals surface area contributed by atoms with Crippen molar-refractivity contribution in [3.05, 3.63) is 83.1 Å². The number of rotatable bonds is 9. The third kappa shape index (κ3) is 8.85. The van der Waals surface area contributed by atoms with Gasteiger partial charge in [0.05, 0.1) is 18.9 Å². The summed E-state index contributed by atoms with van der Waals surface area (Å²) in [5.41, 5.74) is 10.1. The normalized spacial score (nSPS) is 19.0. The fourth-order valence-electron chi connectivity index (χ4n) is 8.62. The van der Waals surface area contributed by atoms with Crippen LogP contribution in [-0.2, 0) is 49.9 Å². The number of cyclic esters (lactones) is 1. The molecule has 0 spiro atoms. The number of hydrogen-bond acceptors (Lipinski definition) is 11. The molecule has 2 aromatic carbocycles. The number of esters is 1. The van der Waals surface area contributed by atoms with Gasteiger partial charge in [-0.05, 0) is 90.3 Å². The highest BCUT2D eigenvalue weighted by Crippen LogP contribution is 2.41. The second-order valence-corrected chi connectivity index (χ2v) is 17.7. The number of fused-ring (bicyclic) bond motifs is 6. The Morgan fingerprint density at radius 2 is 1.97 bits per heavy atom. The molecule has 3 atom stereocenters. The molecule has 0 aliphatic carbocycles. The van der Waals surface area contributed by atoms with Gasteiger partial charge in [-0.1, -0.05) is 39.8 Å². The molecule has 1 saturated heterocycles. The minimum Gasteiger partial charge on any atom is -0.508 e. The molecule has 0 unspecified atom stereocenters. The molecule has 13 nitrogen and oxygen atoms in total. The van der Waals surface area contributed by atoms with Crippen LogP contribution in [0.25, 0.3) is 33.3 Å². The van der Waals surface area contributed by atoms with Crippen molar-refractivity contribution >= 4 is 45.2 Å². The topological polar surface area (TPSA) is 151 Å². The van der Waals surface area contributed by atoms with Crippen LogP contribution in [0.5, 0.6) is 5.75 Å². The smallest absolute Gasteiger partial charge is 0.324 e. The number of carbonyl (C=O) groups is 3. The zero-order valence-corrected chi connectivity index (χ0v) is 35.8. The quantitative estimate of drug-likeness (QED) is 0.141. The summed E-state index contributed by atoms with van der Waals surface area (Å²) in [7, 11) is 3.51. The Morgan fingerprint density at radius 1 is 1.15 bits per heavy atom. The maximum absolute atomic E-state index is 14.5. The van der Waals surface area contributed by atoms with Crippen LogP contribution < -0.4 is 15.6 Å². The number of amides is 2. The number of hydrazine groups is 1. The van der Waals surface area contributed by atoms with Gasteiger partial charge >= 0.3 is 5.97 Å². The SMILES string of the molecule is CCn1c(-c2cnccc2COC)c2c3cc(ccc31)-c1cc(O)cc(c1)C[C@H](NC(=O)[C@H](C(C)C)N(C)c1nccs1)C(=O)N1CCC[C@H](N1)C(=O)OCC(C)(C)C2. The number of thiazole rings is 1. The lowest BCUT2D eigenvalue weighted by Gasteiger charge is -2.36. The van der Waals surface area contributed by atoms with Gasteiger partial charge in [-0.15, -0.1) is 11.3 Å². The Hall–Kier alpha value is -5.31. The molecule has 14 heteroatoms. The average molecular weight is 822 g/mol. The first-order chi connectivity index (χ1) is 28.3. The van der Waals surface area contributed by atoms with E-state index < -0.39 is 29.5 Å². The Kier molecular flexibility index (Phi) is 12.4. The Morgan fingerprint density at radius 3 is 2.69 bits per heavy atom. The number of nitrogens with zero attached hydrogens (tertiary/aromatic N) is 5. The van der Waals surface area contributed by atoms with Gasteiger partial charge in [0.15, 0.2) is 5.13 Å². The molecule has 7 rings (SSSR count). The number of pyridine rings is 1. The van der Waals surface area contributed by atoms with E-state index in [0.29, 0.717) is 49.7 Å². The number of likely N-dealkylation sites (N-methyl/N-ethyl adjacent to an activating group) is 1. The summed E-state index contributed by atoms with van der Waals surface area (Å²) < 4.78 is 14.0. The lowest BCUT2D eigenvalue weighted by molar-refractivity contribution is -0.155. The molecule has 2 aliphatic heterocycles. The van der Waals surface area contributed by atoms with E-state index in [1.54, 1.807) is 31.6 Å².